The summed E-state index contributed by atoms with van der Waals surface area (Å²) in [5, 5.41) is 0. The molecule has 0 aromatic carbocycles. The second kappa shape index (κ2) is 1.57. The van der Waals surface area contributed by atoms with Crippen LogP contribution in [0, 0.1) is 6.16 Å². The van der Waals surface area contributed by atoms with Gasteiger partial charge in [-0.1, -0.05) is 14.3 Å². The molecule has 31 valence electrons. The van der Waals surface area contributed by atoms with E-state index in [0.717, 1.165) is 0 Å². The fraction of sp³-hybridized carbons (Fsp3) is 0.200. The normalized spacial score (nSPS) is 21.2. The summed E-state index contributed by atoms with van der Waals surface area (Å²) in [6.07, 6.45) is 4.26. The van der Waals surface area contributed by atoms with Crippen molar-refractivity contribution in [3.63, 3.8) is 0 Å². The first kappa shape index (κ1) is 4.08. The van der Waals surface area contributed by atoms with E-state index in [1.165, 1.54) is 13.8 Å². The molecule has 0 amide bonds. The van der Waals surface area contributed by atoms with E-state index < -0.39 is 0 Å². The van der Waals surface area contributed by atoms with Crippen molar-refractivity contribution in [2.45, 2.75) is 6.92 Å². The fourth-order valence-corrected chi connectivity index (χ4v) is 1.09. The molecule has 1 radical (unpaired) electrons. The molecule has 0 atom stereocenters. The highest BCUT2D eigenvalue weighted by atomic mass is 31.1. The van der Waals surface area contributed by atoms with Gasteiger partial charge < -0.3 is 0 Å². The molecule has 1 heteroatoms. The zero-order chi connectivity index (χ0) is 4.41. The molecule has 0 saturated heterocycles. The van der Waals surface area contributed by atoms with Crippen LogP contribution in [0.1, 0.15) is 6.92 Å². The summed E-state index contributed by atoms with van der Waals surface area (Å²) in [6, 6.07) is 0. The van der Waals surface area contributed by atoms with Crippen molar-refractivity contribution in [1.82, 2.24) is 0 Å². The van der Waals surface area contributed by atoms with E-state index in [1.54, 1.807) is 0 Å². The lowest BCUT2D eigenvalue weighted by atomic mass is 10.3. The van der Waals surface area contributed by atoms with Crippen LogP contribution in [0.3, 0.4) is 0 Å². The standard InChI is InChI=1S/C5H6P/c1-5-2-3-6-4-5/h2-4H,1H3. The lowest BCUT2D eigenvalue weighted by Crippen LogP contribution is -1.61. The predicted octanol–water partition coefficient (Wildman–Crippen LogP) is 1.86. The monoisotopic (exact) mass is 97.0 g/mol. The third kappa shape index (κ3) is 0.693. The van der Waals surface area contributed by atoms with E-state index in [9.17, 15) is 0 Å². The molecule has 0 aromatic heterocycles. The van der Waals surface area contributed by atoms with Crippen LogP contribution >= 0.6 is 8.20 Å². The molecule has 0 N–H and O–H groups in total. The Labute approximate surface area is 39.7 Å². The van der Waals surface area contributed by atoms with E-state index in [4.69, 9.17) is 0 Å². The molecule has 1 heterocycles. The Morgan fingerprint density at radius 2 is 2.50 bits per heavy atom. The van der Waals surface area contributed by atoms with Gasteiger partial charge in [0.15, 0.2) is 0 Å². The van der Waals surface area contributed by atoms with Crippen LogP contribution in [0.4, 0.5) is 0 Å². The maximum atomic E-state index is 2.18. The van der Waals surface area contributed by atoms with E-state index in [0.29, 0.717) is 0 Å². The zero-order valence-electron chi connectivity index (χ0n) is 3.68. The van der Waals surface area contributed by atoms with Gasteiger partial charge in [0.25, 0.3) is 0 Å². The fourth-order valence-electron chi connectivity index (χ4n) is 0.364. The Bertz CT molecular complexity index is 97.8. The molecule has 0 aromatic rings. The summed E-state index contributed by atoms with van der Waals surface area (Å²) in [5.74, 6) is 2.18. The topological polar surface area (TPSA) is 0 Å². The Hall–Kier alpha value is -0.0900. The van der Waals surface area contributed by atoms with Gasteiger partial charge in [-0.25, -0.2) is 0 Å². The second-order valence-corrected chi connectivity index (χ2v) is 2.19. The van der Waals surface area contributed by atoms with Crippen LogP contribution in [-0.4, -0.2) is 5.80 Å². The Morgan fingerprint density at radius 1 is 1.67 bits per heavy atom. The largest absolute Gasteiger partial charge is 0.0953 e. The lowest BCUT2D eigenvalue weighted by molar-refractivity contribution is 1.64. The molecule has 0 spiro atoms. The molecule has 0 nitrogen and oxygen atoms in total. The molecule has 1 rings (SSSR count). The summed E-state index contributed by atoms with van der Waals surface area (Å²) in [7, 11) is 1.34. The van der Waals surface area contributed by atoms with Crippen molar-refractivity contribution in [1.29, 1.82) is 0 Å². The molecule has 0 saturated carbocycles. The Morgan fingerprint density at radius 3 is 2.67 bits per heavy atom. The molecular formula is C5H6P. The minimum atomic E-state index is 1.34. The Kier molecular flexibility index (Phi) is 1.07. The average Bonchev–Trinajstić information content (AvgIpc) is 1.86. The highest BCUT2D eigenvalue weighted by molar-refractivity contribution is 7.42. The molecular weight excluding hydrogens is 91.0 g/mol. The van der Waals surface area contributed by atoms with Crippen LogP contribution in [0.2, 0.25) is 0 Å². The number of hydrogen-bond acceptors (Lipinski definition) is 0. The number of hydrogen-bond donors (Lipinski definition) is 0. The summed E-state index contributed by atoms with van der Waals surface area (Å²) < 4.78 is 0. The lowest BCUT2D eigenvalue weighted by Gasteiger charge is -1.71. The summed E-state index contributed by atoms with van der Waals surface area (Å²) in [5.41, 5.74) is 1.39. The summed E-state index contributed by atoms with van der Waals surface area (Å²) in [4.78, 5) is 0. The molecule has 0 unspecified atom stereocenters. The third-order valence-corrected chi connectivity index (χ3v) is 1.58. The van der Waals surface area contributed by atoms with Crippen molar-refractivity contribution < 1.29 is 0 Å². The van der Waals surface area contributed by atoms with Crippen molar-refractivity contribution in [2.75, 3.05) is 0 Å². The quantitative estimate of drug-likeness (QED) is 0.405. The first-order valence-corrected chi connectivity index (χ1v) is 2.96. The van der Waals surface area contributed by atoms with Gasteiger partial charge in [-0.15, -0.1) is 0 Å². The molecule has 6 heavy (non-hydrogen) atoms. The number of rotatable bonds is 0. The van der Waals surface area contributed by atoms with Gasteiger partial charge in [0, 0.05) is 6.16 Å². The van der Waals surface area contributed by atoms with Gasteiger partial charge in [-0.3, -0.25) is 0 Å². The van der Waals surface area contributed by atoms with Gasteiger partial charge in [-0.2, -0.15) is 0 Å². The summed E-state index contributed by atoms with van der Waals surface area (Å²) in [6.45, 7) is 2.11. The second-order valence-electron chi connectivity index (χ2n) is 1.34. The van der Waals surface area contributed by atoms with Crippen LogP contribution in [0.15, 0.2) is 11.6 Å². The Balaban J connectivity index is 2.68. The van der Waals surface area contributed by atoms with Crippen LogP contribution in [-0.2, 0) is 0 Å². The molecule has 0 fully saturated rings. The van der Waals surface area contributed by atoms with Crippen molar-refractivity contribution >= 4 is 14.0 Å². The maximum Gasteiger partial charge on any atom is 0.0333 e. The van der Waals surface area contributed by atoms with Crippen molar-refractivity contribution in [2.24, 2.45) is 0 Å². The minimum absolute atomic E-state index is 1.34. The smallest absolute Gasteiger partial charge is 0.0333 e. The van der Waals surface area contributed by atoms with E-state index in [-0.39, 0.29) is 0 Å². The van der Waals surface area contributed by atoms with E-state index in [2.05, 4.69) is 25.0 Å². The molecule has 1 aliphatic rings. The van der Waals surface area contributed by atoms with Gasteiger partial charge in [0.2, 0.25) is 0 Å². The van der Waals surface area contributed by atoms with Gasteiger partial charge in [0.1, 0.15) is 0 Å². The van der Waals surface area contributed by atoms with Crippen molar-refractivity contribution in [3.8, 4) is 0 Å². The first-order valence-electron chi connectivity index (χ1n) is 1.93. The van der Waals surface area contributed by atoms with Gasteiger partial charge in [0.05, 0.1) is 0 Å². The molecule has 1 aliphatic heterocycles. The van der Waals surface area contributed by atoms with E-state index in [1.807, 2.05) is 0 Å². The molecule has 0 aliphatic carbocycles. The SMILES string of the molecule is CC1=C[CH]P=C1. The van der Waals surface area contributed by atoms with Crippen molar-refractivity contribution in [3.05, 3.63) is 17.8 Å². The summed E-state index contributed by atoms with van der Waals surface area (Å²) >= 11 is 0. The number of allylic oxidation sites excluding steroid dienone is 2. The van der Waals surface area contributed by atoms with Gasteiger partial charge in [-0.05, 0) is 18.3 Å². The van der Waals surface area contributed by atoms with E-state index >= 15 is 0 Å². The van der Waals surface area contributed by atoms with Crippen LogP contribution < -0.4 is 0 Å². The minimum Gasteiger partial charge on any atom is -0.0953 e. The zero-order valence-corrected chi connectivity index (χ0v) is 4.57. The highest BCUT2D eigenvalue weighted by Crippen LogP contribution is 2.12. The molecule has 0 bridgehead atoms. The predicted molar refractivity (Wildman–Crippen MR) is 31.0 cm³/mol. The van der Waals surface area contributed by atoms with Crippen LogP contribution in [0.5, 0.6) is 0 Å². The maximum absolute atomic E-state index is 2.18. The highest BCUT2D eigenvalue weighted by Gasteiger charge is 1.85. The van der Waals surface area contributed by atoms with Crippen LogP contribution in [0.25, 0.3) is 0 Å². The first-order chi connectivity index (χ1) is 2.89. The average molecular weight is 97.1 g/mol. The third-order valence-electron chi connectivity index (χ3n) is 0.702. The van der Waals surface area contributed by atoms with Gasteiger partial charge >= 0.3 is 0 Å².